The van der Waals surface area contributed by atoms with Gasteiger partial charge >= 0.3 is 0 Å². The highest BCUT2D eigenvalue weighted by molar-refractivity contribution is 9.10. The molecule has 3 rings (SSSR count). The summed E-state index contributed by atoms with van der Waals surface area (Å²) in [5, 5.41) is 0. The first-order valence-electron chi connectivity index (χ1n) is 7.05. The lowest BCUT2D eigenvalue weighted by molar-refractivity contribution is 0.554. The van der Waals surface area contributed by atoms with Crippen molar-refractivity contribution in [1.82, 2.24) is 9.97 Å². The Morgan fingerprint density at radius 1 is 1.00 bits per heavy atom. The van der Waals surface area contributed by atoms with Gasteiger partial charge in [0.1, 0.15) is 10.3 Å². The second kappa shape index (κ2) is 5.16. The van der Waals surface area contributed by atoms with E-state index < -0.39 is 0 Å². The predicted molar refractivity (Wildman–Crippen MR) is 75.0 cm³/mol. The molecule has 0 saturated heterocycles. The van der Waals surface area contributed by atoms with E-state index in [0.717, 1.165) is 11.5 Å². The number of nitrogens with zero attached hydrogens (tertiary/aromatic N) is 1. The molecule has 0 spiro atoms. The molecule has 4 heteroatoms. The third-order valence-electron chi connectivity index (χ3n) is 4.11. The highest BCUT2D eigenvalue weighted by Crippen LogP contribution is 2.41. The maximum Gasteiger partial charge on any atom is 0.265 e. The van der Waals surface area contributed by atoms with Gasteiger partial charge in [0.15, 0.2) is 0 Å². The van der Waals surface area contributed by atoms with Crippen molar-refractivity contribution in [2.75, 3.05) is 0 Å². The van der Waals surface area contributed by atoms with Gasteiger partial charge in [-0.1, -0.05) is 25.7 Å². The number of nitrogens with one attached hydrogen (secondary N) is 1. The molecule has 18 heavy (non-hydrogen) atoms. The number of aromatic amines is 1. The molecule has 98 valence electrons. The predicted octanol–water partition coefficient (Wildman–Crippen LogP) is 3.85. The van der Waals surface area contributed by atoms with Crippen LogP contribution < -0.4 is 5.56 Å². The Morgan fingerprint density at radius 3 is 2.28 bits per heavy atom. The van der Waals surface area contributed by atoms with Gasteiger partial charge in [-0.15, -0.1) is 0 Å². The average Bonchev–Trinajstić information content (AvgIpc) is 3.17. The van der Waals surface area contributed by atoms with Crippen molar-refractivity contribution in [1.29, 1.82) is 0 Å². The fourth-order valence-corrected chi connectivity index (χ4v) is 3.38. The summed E-state index contributed by atoms with van der Waals surface area (Å²) in [6.45, 7) is 0. The van der Waals surface area contributed by atoms with Gasteiger partial charge in [-0.05, 0) is 41.6 Å². The molecule has 1 aromatic rings. The first-order chi connectivity index (χ1) is 8.75. The molecule has 0 radical (unpaired) electrons. The lowest BCUT2D eigenvalue weighted by atomic mass is 9.99. The zero-order chi connectivity index (χ0) is 12.5. The zero-order valence-electron chi connectivity index (χ0n) is 10.5. The molecule has 0 bridgehead atoms. The van der Waals surface area contributed by atoms with Crippen molar-refractivity contribution in [3.63, 3.8) is 0 Å². The van der Waals surface area contributed by atoms with Crippen molar-refractivity contribution < 1.29 is 0 Å². The summed E-state index contributed by atoms with van der Waals surface area (Å²) in [4.78, 5) is 19.7. The van der Waals surface area contributed by atoms with Crippen LogP contribution in [0, 0.1) is 0 Å². The summed E-state index contributed by atoms with van der Waals surface area (Å²) < 4.78 is 0.655. The molecule has 3 nitrogen and oxygen atoms in total. The number of hydrogen-bond donors (Lipinski definition) is 1. The Balaban J connectivity index is 1.93. The van der Waals surface area contributed by atoms with Gasteiger partial charge < -0.3 is 4.98 Å². The molecule has 1 heterocycles. The molecule has 0 amide bonds. The van der Waals surface area contributed by atoms with Crippen LogP contribution >= 0.6 is 15.9 Å². The topological polar surface area (TPSA) is 45.8 Å². The van der Waals surface area contributed by atoms with Crippen LogP contribution in [0.2, 0.25) is 0 Å². The maximum absolute atomic E-state index is 12.0. The normalized spacial score (nSPS) is 21.8. The van der Waals surface area contributed by atoms with Gasteiger partial charge in [-0.2, -0.15) is 0 Å². The fraction of sp³-hybridized carbons (Fsp3) is 0.714. The van der Waals surface area contributed by atoms with E-state index >= 15 is 0 Å². The van der Waals surface area contributed by atoms with Crippen molar-refractivity contribution in [2.45, 2.75) is 63.2 Å². The molecular weight excluding hydrogens is 292 g/mol. The first kappa shape index (κ1) is 12.4. The van der Waals surface area contributed by atoms with Crippen molar-refractivity contribution in [3.8, 4) is 0 Å². The van der Waals surface area contributed by atoms with Crippen LogP contribution in [0.5, 0.6) is 0 Å². The quantitative estimate of drug-likeness (QED) is 0.843. The fourth-order valence-electron chi connectivity index (χ4n) is 2.87. The minimum absolute atomic E-state index is 0.00569. The molecule has 2 aliphatic rings. The minimum Gasteiger partial charge on any atom is -0.309 e. The van der Waals surface area contributed by atoms with Gasteiger partial charge in [0.25, 0.3) is 5.56 Å². The minimum atomic E-state index is 0.00569. The summed E-state index contributed by atoms with van der Waals surface area (Å²) in [5.41, 5.74) is 1.00. The van der Waals surface area contributed by atoms with Crippen LogP contribution in [0.25, 0.3) is 0 Å². The van der Waals surface area contributed by atoms with Crippen LogP contribution in [-0.2, 0) is 0 Å². The molecule has 2 saturated carbocycles. The lowest BCUT2D eigenvalue weighted by Crippen LogP contribution is -2.17. The molecule has 1 N–H and O–H groups in total. The van der Waals surface area contributed by atoms with Gasteiger partial charge in [-0.25, -0.2) is 4.98 Å². The Labute approximate surface area is 116 Å². The molecule has 0 aromatic carbocycles. The molecule has 0 aliphatic heterocycles. The van der Waals surface area contributed by atoms with E-state index in [9.17, 15) is 4.79 Å². The number of H-pyrrole nitrogens is 1. The van der Waals surface area contributed by atoms with Gasteiger partial charge in [0.2, 0.25) is 0 Å². The van der Waals surface area contributed by atoms with E-state index in [-0.39, 0.29) is 5.56 Å². The van der Waals surface area contributed by atoms with Crippen molar-refractivity contribution in [2.24, 2.45) is 0 Å². The lowest BCUT2D eigenvalue weighted by Gasteiger charge is -2.14. The average molecular weight is 311 g/mol. The van der Waals surface area contributed by atoms with E-state index in [2.05, 4.69) is 20.9 Å². The molecule has 0 unspecified atom stereocenters. The molecule has 2 aliphatic carbocycles. The van der Waals surface area contributed by atoms with E-state index in [4.69, 9.17) is 4.98 Å². The van der Waals surface area contributed by atoms with Crippen LogP contribution in [0.15, 0.2) is 9.27 Å². The van der Waals surface area contributed by atoms with E-state index in [1.165, 1.54) is 51.4 Å². The highest BCUT2D eigenvalue weighted by atomic mass is 79.9. The second-order valence-corrected chi connectivity index (χ2v) is 6.41. The summed E-state index contributed by atoms with van der Waals surface area (Å²) in [7, 11) is 0. The van der Waals surface area contributed by atoms with Crippen LogP contribution in [0.4, 0.5) is 0 Å². The number of rotatable bonds is 2. The van der Waals surface area contributed by atoms with Crippen molar-refractivity contribution >= 4 is 15.9 Å². The molecule has 2 fully saturated rings. The molecule has 0 atom stereocenters. The summed E-state index contributed by atoms with van der Waals surface area (Å²) in [6, 6.07) is 0. The Morgan fingerprint density at radius 2 is 1.67 bits per heavy atom. The molecular formula is C14H19BrN2O. The van der Waals surface area contributed by atoms with Gasteiger partial charge in [0, 0.05) is 11.8 Å². The van der Waals surface area contributed by atoms with E-state index in [1.807, 2.05) is 0 Å². The van der Waals surface area contributed by atoms with Gasteiger partial charge in [0.05, 0.1) is 5.69 Å². The Kier molecular flexibility index (Phi) is 3.55. The summed E-state index contributed by atoms with van der Waals surface area (Å²) in [6.07, 6.45) is 9.90. The number of hydrogen-bond acceptors (Lipinski definition) is 2. The van der Waals surface area contributed by atoms with Crippen LogP contribution in [0.3, 0.4) is 0 Å². The van der Waals surface area contributed by atoms with E-state index in [1.54, 1.807) is 0 Å². The SMILES string of the molecule is O=c1[nH]c(C2CCCCCC2)nc(C2CC2)c1Br. The highest BCUT2D eigenvalue weighted by Gasteiger charge is 2.30. The van der Waals surface area contributed by atoms with Gasteiger partial charge in [-0.3, -0.25) is 4.79 Å². The third kappa shape index (κ3) is 2.53. The Bertz CT molecular complexity index is 485. The Hall–Kier alpha value is -0.640. The van der Waals surface area contributed by atoms with Crippen molar-refractivity contribution in [3.05, 3.63) is 26.3 Å². The maximum atomic E-state index is 12.0. The number of aromatic nitrogens is 2. The second-order valence-electron chi connectivity index (χ2n) is 5.61. The zero-order valence-corrected chi connectivity index (χ0v) is 12.1. The molecule has 1 aromatic heterocycles. The third-order valence-corrected chi connectivity index (χ3v) is 4.88. The largest absolute Gasteiger partial charge is 0.309 e. The van der Waals surface area contributed by atoms with Crippen LogP contribution in [-0.4, -0.2) is 9.97 Å². The van der Waals surface area contributed by atoms with Crippen LogP contribution in [0.1, 0.15) is 74.7 Å². The summed E-state index contributed by atoms with van der Waals surface area (Å²) >= 11 is 3.39. The number of halogens is 1. The smallest absolute Gasteiger partial charge is 0.265 e. The summed E-state index contributed by atoms with van der Waals surface area (Å²) in [5.74, 6) is 1.92. The van der Waals surface area contributed by atoms with E-state index in [0.29, 0.717) is 16.3 Å². The first-order valence-corrected chi connectivity index (χ1v) is 7.84. The monoisotopic (exact) mass is 310 g/mol. The standard InChI is InChI=1S/C14H19BrN2O/c15-11-12(9-7-8-9)16-13(17-14(11)18)10-5-3-1-2-4-6-10/h9-10H,1-8H2,(H,16,17,18).